The minimum atomic E-state index is -0.708. The van der Waals surface area contributed by atoms with Gasteiger partial charge in [0.2, 0.25) is 5.78 Å². The SMILES string of the molecule is C[C@@H](O)C(C)(C)NC(=O)c1cn2cccnc2n1. The van der Waals surface area contributed by atoms with E-state index in [4.69, 9.17) is 0 Å². The summed E-state index contributed by atoms with van der Waals surface area (Å²) in [5.41, 5.74) is -0.428. The number of nitrogens with one attached hydrogen (secondary N) is 1. The summed E-state index contributed by atoms with van der Waals surface area (Å²) in [6.45, 7) is 5.14. The van der Waals surface area contributed by atoms with Crippen LogP contribution in [-0.2, 0) is 0 Å². The highest BCUT2D eigenvalue weighted by atomic mass is 16.3. The van der Waals surface area contributed by atoms with Crippen LogP contribution in [0.3, 0.4) is 0 Å². The molecule has 6 nitrogen and oxygen atoms in total. The van der Waals surface area contributed by atoms with E-state index < -0.39 is 11.6 Å². The summed E-state index contributed by atoms with van der Waals surface area (Å²) in [6, 6.07) is 1.76. The van der Waals surface area contributed by atoms with Crippen molar-refractivity contribution in [3.8, 4) is 0 Å². The number of imidazole rings is 1. The van der Waals surface area contributed by atoms with Gasteiger partial charge in [-0.05, 0) is 26.8 Å². The topological polar surface area (TPSA) is 79.5 Å². The van der Waals surface area contributed by atoms with E-state index in [9.17, 15) is 9.90 Å². The third-order valence-electron chi connectivity index (χ3n) is 2.95. The summed E-state index contributed by atoms with van der Waals surface area (Å²) in [4.78, 5) is 20.2. The van der Waals surface area contributed by atoms with Gasteiger partial charge in [0.25, 0.3) is 5.91 Å². The van der Waals surface area contributed by atoms with E-state index in [0.717, 1.165) is 0 Å². The van der Waals surface area contributed by atoms with Gasteiger partial charge in [0.1, 0.15) is 5.69 Å². The van der Waals surface area contributed by atoms with Crippen LogP contribution >= 0.6 is 0 Å². The summed E-state index contributed by atoms with van der Waals surface area (Å²) in [5.74, 6) is 0.143. The van der Waals surface area contributed by atoms with Gasteiger partial charge in [-0.3, -0.25) is 9.20 Å². The fourth-order valence-corrected chi connectivity index (χ4v) is 1.40. The van der Waals surface area contributed by atoms with Crippen molar-refractivity contribution in [1.82, 2.24) is 19.7 Å². The zero-order valence-corrected chi connectivity index (χ0v) is 10.6. The number of nitrogens with zero attached hydrogens (tertiary/aromatic N) is 3. The molecule has 0 fully saturated rings. The van der Waals surface area contributed by atoms with Crippen LogP contribution < -0.4 is 5.32 Å². The van der Waals surface area contributed by atoms with Crippen molar-refractivity contribution < 1.29 is 9.90 Å². The minimum absolute atomic E-state index is 0.280. The Balaban J connectivity index is 2.24. The maximum atomic E-state index is 12.0. The molecule has 0 aliphatic heterocycles. The highest BCUT2D eigenvalue weighted by Gasteiger charge is 2.27. The van der Waals surface area contributed by atoms with E-state index in [0.29, 0.717) is 5.78 Å². The Morgan fingerprint density at radius 1 is 1.56 bits per heavy atom. The fourth-order valence-electron chi connectivity index (χ4n) is 1.40. The second kappa shape index (κ2) is 4.38. The van der Waals surface area contributed by atoms with Crippen molar-refractivity contribution >= 4 is 11.7 Å². The van der Waals surface area contributed by atoms with Crippen LogP contribution in [0, 0.1) is 0 Å². The molecule has 0 bridgehead atoms. The van der Waals surface area contributed by atoms with Crippen LogP contribution in [0.25, 0.3) is 5.78 Å². The lowest BCUT2D eigenvalue weighted by Gasteiger charge is -2.28. The molecule has 1 atom stereocenters. The molecule has 6 heteroatoms. The molecule has 2 rings (SSSR count). The molecule has 18 heavy (non-hydrogen) atoms. The number of rotatable bonds is 3. The lowest BCUT2D eigenvalue weighted by Crippen LogP contribution is -2.51. The first-order chi connectivity index (χ1) is 8.40. The number of hydrogen-bond acceptors (Lipinski definition) is 4. The molecular formula is C12H16N4O2. The van der Waals surface area contributed by atoms with Crippen molar-refractivity contribution in [2.24, 2.45) is 0 Å². The van der Waals surface area contributed by atoms with E-state index in [1.54, 1.807) is 49.8 Å². The summed E-state index contributed by atoms with van der Waals surface area (Å²) in [5, 5.41) is 12.3. The molecule has 0 spiro atoms. The first-order valence-corrected chi connectivity index (χ1v) is 5.70. The van der Waals surface area contributed by atoms with Crippen molar-refractivity contribution in [3.63, 3.8) is 0 Å². The van der Waals surface area contributed by atoms with Gasteiger partial charge in [0.15, 0.2) is 0 Å². The number of aliphatic hydroxyl groups is 1. The van der Waals surface area contributed by atoms with Gasteiger partial charge in [-0.15, -0.1) is 0 Å². The quantitative estimate of drug-likeness (QED) is 0.834. The molecule has 0 aliphatic carbocycles. The maximum Gasteiger partial charge on any atom is 0.272 e. The number of amides is 1. The van der Waals surface area contributed by atoms with Gasteiger partial charge in [0, 0.05) is 18.6 Å². The first kappa shape index (κ1) is 12.5. The molecule has 0 unspecified atom stereocenters. The monoisotopic (exact) mass is 248 g/mol. The standard InChI is InChI=1S/C12H16N4O2/c1-8(17)12(2,3)15-10(18)9-7-16-6-4-5-13-11(16)14-9/h4-8,17H,1-3H3,(H,15,18)/t8-/m1/s1. The molecule has 0 aromatic carbocycles. The first-order valence-electron chi connectivity index (χ1n) is 5.70. The van der Waals surface area contributed by atoms with Crippen molar-refractivity contribution in [1.29, 1.82) is 0 Å². The summed E-state index contributed by atoms with van der Waals surface area (Å²) < 4.78 is 1.67. The van der Waals surface area contributed by atoms with E-state index in [1.807, 2.05) is 0 Å². The van der Waals surface area contributed by atoms with Crippen LogP contribution in [0.4, 0.5) is 0 Å². The molecule has 0 saturated heterocycles. The number of hydrogen-bond donors (Lipinski definition) is 2. The number of aliphatic hydroxyl groups excluding tert-OH is 1. The van der Waals surface area contributed by atoms with Crippen molar-refractivity contribution in [2.45, 2.75) is 32.4 Å². The molecule has 1 amide bonds. The number of carbonyl (C=O) groups is 1. The van der Waals surface area contributed by atoms with Gasteiger partial charge in [-0.1, -0.05) is 0 Å². The zero-order valence-electron chi connectivity index (χ0n) is 10.6. The Bertz CT molecular complexity index is 541. The molecule has 2 N–H and O–H groups in total. The average Bonchev–Trinajstić information content (AvgIpc) is 2.71. The third kappa shape index (κ3) is 2.33. The Kier molecular flexibility index (Phi) is 3.04. The summed E-state index contributed by atoms with van der Waals surface area (Å²) in [7, 11) is 0. The van der Waals surface area contributed by atoms with Crippen LogP contribution in [0.5, 0.6) is 0 Å². The van der Waals surface area contributed by atoms with Gasteiger partial charge < -0.3 is 10.4 Å². The average molecular weight is 248 g/mol. The van der Waals surface area contributed by atoms with Gasteiger partial charge in [-0.25, -0.2) is 9.97 Å². The molecule has 0 radical (unpaired) electrons. The third-order valence-corrected chi connectivity index (χ3v) is 2.95. The van der Waals surface area contributed by atoms with E-state index in [2.05, 4.69) is 15.3 Å². The van der Waals surface area contributed by atoms with Crippen molar-refractivity contribution in [3.05, 3.63) is 30.4 Å². The fraction of sp³-hybridized carbons (Fsp3) is 0.417. The zero-order chi connectivity index (χ0) is 13.3. The Hall–Kier alpha value is -1.95. The van der Waals surface area contributed by atoms with Crippen LogP contribution in [0.2, 0.25) is 0 Å². The van der Waals surface area contributed by atoms with Gasteiger partial charge >= 0.3 is 0 Å². The molecule has 0 saturated carbocycles. The molecule has 2 aromatic rings. The predicted octanol–water partition coefficient (Wildman–Crippen LogP) is 0.618. The largest absolute Gasteiger partial charge is 0.391 e. The highest BCUT2D eigenvalue weighted by Crippen LogP contribution is 2.10. The van der Waals surface area contributed by atoms with E-state index in [-0.39, 0.29) is 11.6 Å². The molecular weight excluding hydrogens is 232 g/mol. The van der Waals surface area contributed by atoms with E-state index >= 15 is 0 Å². The number of carbonyl (C=O) groups excluding carboxylic acids is 1. The lowest BCUT2D eigenvalue weighted by atomic mass is 9.99. The van der Waals surface area contributed by atoms with Gasteiger partial charge in [-0.2, -0.15) is 0 Å². The maximum absolute atomic E-state index is 12.0. The second-order valence-corrected chi connectivity index (χ2v) is 4.80. The van der Waals surface area contributed by atoms with Gasteiger partial charge in [0.05, 0.1) is 11.6 Å². The smallest absolute Gasteiger partial charge is 0.272 e. The predicted molar refractivity (Wildman–Crippen MR) is 66.2 cm³/mol. The van der Waals surface area contributed by atoms with E-state index in [1.165, 1.54) is 0 Å². The summed E-state index contributed by atoms with van der Waals surface area (Å²) >= 11 is 0. The second-order valence-electron chi connectivity index (χ2n) is 4.80. The Morgan fingerprint density at radius 2 is 2.28 bits per heavy atom. The molecule has 96 valence electrons. The number of aromatic nitrogens is 3. The molecule has 0 aliphatic rings. The Morgan fingerprint density at radius 3 is 2.89 bits per heavy atom. The molecule has 2 aromatic heterocycles. The number of fused-ring (bicyclic) bond motifs is 1. The lowest BCUT2D eigenvalue weighted by molar-refractivity contribution is 0.0706. The molecule has 2 heterocycles. The van der Waals surface area contributed by atoms with Crippen molar-refractivity contribution in [2.75, 3.05) is 0 Å². The summed E-state index contributed by atoms with van der Waals surface area (Å²) in [6.07, 6.45) is 4.34. The van der Waals surface area contributed by atoms with Crippen LogP contribution in [-0.4, -0.2) is 37.0 Å². The van der Waals surface area contributed by atoms with Crippen LogP contribution in [0.15, 0.2) is 24.7 Å². The highest BCUT2D eigenvalue weighted by molar-refractivity contribution is 5.93. The Labute approximate surface area is 105 Å². The van der Waals surface area contributed by atoms with Crippen LogP contribution in [0.1, 0.15) is 31.3 Å². The normalized spacial score (nSPS) is 13.6. The minimum Gasteiger partial charge on any atom is -0.391 e.